The molecule has 0 saturated heterocycles. The van der Waals surface area contributed by atoms with Crippen molar-refractivity contribution < 1.29 is 13.2 Å². The van der Waals surface area contributed by atoms with Crippen LogP contribution in [0.2, 0.25) is 0 Å². The van der Waals surface area contributed by atoms with Gasteiger partial charge in [0.25, 0.3) is 5.91 Å². The molecule has 3 aromatic rings. The van der Waals surface area contributed by atoms with Gasteiger partial charge in [0, 0.05) is 10.4 Å². The van der Waals surface area contributed by atoms with Crippen molar-refractivity contribution >= 4 is 27.3 Å². The third-order valence-corrected chi connectivity index (χ3v) is 6.36. The number of rotatable bonds is 6. The number of primary sulfonamides is 1. The standard InChI is InChI=1S/C19H18N2O3S2/c20-26(23,24)18-11-10-16(25-18)13-21-19(22)17-9-5-4-8-15(17)12-14-6-2-1-3-7-14/h1-11H,12-13H2,(H,21,22)(H2,20,23,24). The Labute approximate surface area is 156 Å². The van der Waals surface area contributed by atoms with Gasteiger partial charge in [-0.05, 0) is 35.7 Å². The molecule has 0 atom stereocenters. The molecular formula is C19H18N2O3S2. The van der Waals surface area contributed by atoms with Crippen molar-refractivity contribution in [1.29, 1.82) is 0 Å². The van der Waals surface area contributed by atoms with Crippen molar-refractivity contribution in [3.05, 3.63) is 88.3 Å². The number of carbonyl (C=O) groups excluding carboxylic acids is 1. The number of amides is 1. The first-order valence-corrected chi connectivity index (χ1v) is 10.3. The second-order valence-electron chi connectivity index (χ2n) is 5.77. The Morgan fingerprint density at radius 2 is 1.65 bits per heavy atom. The maximum atomic E-state index is 12.6. The number of thiophene rings is 1. The lowest BCUT2D eigenvalue weighted by atomic mass is 9.99. The number of nitrogens with one attached hydrogen (secondary N) is 1. The van der Waals surface area contributed by atoms with Crippen LogP contribution in [0.15, 0.2) is 70.9 Å². The first kappa shape index (κ1) is 18.3. The molecule has 2 aromatic carbocycles. The van der Waals surface area contributed by atoms with Gasteiger partial charge >= 0.3 is 0 Å². The van der Waals surface area contributed by atoms with Gasteiger partial charge in [-0.25, -0.2) is 13.6 Å². The smallest absolute Gasteiger partial charge is 0.251 e. The molecule has 0 radical (unpaired) electrons. The Balaban J connectivity index is 1.71. The molecule has 0 aliphatic heterocycles. The van der Waals surface area contributed by atoms with Crippen LogP contribution < -0.4 is 10.5 Å². The van der Waals surface area contributed by atoms with Crippen LogP contribution in [0.4, 0.5) is 0 Å². The second kappa shape index (κ2) is 7.82. The molecule has 0 unspecified atom stereocenters. The van der Waals surface area contributed by atoms with Crippen LogP contribution in [0.5, 0.6) is 0 Å². The molecule has 5 nitrogen and oxygen atoms in total. The zero-order chi connectivity index (χ0) is 18.6. The summed E-state index contributed by atoms with van der Waals surface area (Å²) in [6.45, 7) is 0.249. The van der Waals surface area contributed by atoms with Crippen molar-refractivity contribution in [2.45, 2.75) is 17.2 Å². The highest BCUT2D eigenvalue weighted by Crippen LogP contribution is 2.20. The molecule has 26 heavy (non-hydrogen) atoms. The summed E-state index contributed by atoms with van der Waals surface area (Å²) in [6, 6.07) is 20.5. The first-order valence-electron chi connectivity index (χ1n) is 7.95. The molecule has 0 bridgehead atoms. The van der Waals surface area contributed by atoms with Crippen molar-refractivity contribution in [2.75, 3.05) is 0 Å². The molecule has 134 valence electrons. The van der Waals surface area contributed by atoms with E-state index >= 15 is 0 Å². The Kier molecular flexibility index (Phi) is 5.51. The summed E-state index contributed by atoms with van der Waals surface area (Å²) in [7, 11) is -3.71. The van der Waals surface area contributed by atoms with Crippen LogP contribution in [0.25, 0.3) is 0 Å². The molecule has 0 aliphatic carbocycles. The van der Waals surface area contributed by atoms with E-state index in [1.165, 1.54) is 6.07 Å². The predicted molar refractivity (Wildman–Crippen MR) is 103 cm³/mol. The number of carbonyl (C=O) groups is 1. The zero-order valence-electron chi connectivity index (χ0n) is 13.9. The van der Waals surface area contributed by atoms with Gasteiger partial charge in [0.05, 0.1) is 6.54 Å². The molecule has 0 saturated carbocycles. The van der Waals surface area contributed by atoms with Gasteiger partial charge < -0.3 is 5.32 Å². The van der Waals surface area contributed by atoms with Crippen LogP contribution >= 0.6 is 11.3 Å². The minimum Gasteiger partial charge on any atom is -0.347 e. The Morgan fingerprint density at radius 1 is 0.962 bits per heavy atom. The maximum absolute atomic E-state index is 12.6. The lowest BCUT2D eigenvalue weighted by Crippen LogP contribution is -2.23. The number of sulfonamides is 1. The average molecular weight is 386 g/mol. The van der Waals surface area contributed by atoms with Gasteiger partial charge in [-0.15, -0.1) is 11.3 Å². The Hall–Kier alpha value is -2.48. The minimum absolute atomic E-state index is 0.0891. The monoisotopic (exact) mass is 386 g/mol. The quantitative estimate of drug-likeness (QED) is 0.683. The molecule has 1 heterocycles. The summed E-state index contributed by atoms with van der Waals surface area (Å²) < 4.78 is 22.7. The lowest BCUT2D eigenvalue weighted by molar-refractivity contribution is 0.0950. The summed E-state index contributed by atoms with van der Waals surface area (Å²) >= 11 is 1.06. The van der Waals surface area contributed by atoms with Gasteiger partial charge in [0.2, 0.25) is 10.0 Å². The minimum atomic E-state index is -3.71. The summed E-state index contributed by atoms with van der Waals surface area (Å²) in [5, 5.41) is 7.95. The summed E-state index contributed by atoms with van der Waals surface area (Å²) in [6.07, 6.45) is 0.666. The third kappa shape index (κ3) is 4.57. The normalized spacial score (nSPS) is 11.3. The number of hydrogen-bond donors (Lipinski definition) is 2. The molecule has 1 aromatic heterocycles. The van der Waals surface area contributed by atoms with Gasteiger partial charge in [-0.2, -0.15) is 0 Å². The first-order chi connectivity index (χ1) is 12.4. The fraction of sp³-hybridized carbons (Fsp3) is 0.105. The van der Waals surface area contributed by atoms with Crippen LogP contribution in [-0.4, -0.2) is 14.3 Å². The third-order valence-electron chi connectivity index (χ3n) is 3.84. The SMILES string of the molecule is NS(=O)(=O)c1ccc(CNC(=O)c2ccccc2Cc2ccccc2)s1. The summed E-state index contributed by atoms with van der Waals surface area (Å²) in [5.74, 6) is -0.193. The van der Waals surface area contributed by atoms with Crippen LogP contribution in [0, 0.1) is 0 Å². The van der Waals surface area contributed by atoms with Gasteiger partial charge in [0.1, 0.15) is 4.21 Å². The molecule has 7 heteroatoms. The van der Waals surface area contributed by atoms with E-state index in [0.717, 1.165) is 27.3 Å². The molecule has 1 amide bonds. The summed E-state index contributed by atoms with van der Waals surface area (Å²) in [5.41, 5.74) is 2.68. The second-order valence-corrected chi connectivity index (χ2v) is 8.72. The highest BCUT2D eigenvalue weighted by Gasteiger charge is 2.14. The van der Waals surface area contributed by atoms with E-state index in [1.807, 2.05) is 48.5 Å². The van der Waals surface area contributed by atoms with Gasteiger partial charge in [0.15, 0.2) is 0 Å². The van der Waals surface area contributed by atoms with Crippen molar-refractivity contribution in [3.8, 4) is 0 Å². The fourth-order valence-electron chi connectivity index (χ4n) is 2.58. The van der Waals surface area contributed by atoms with Gasteiger partial charge in [-0.1, -0.05) is 48.5 Å². The van der Waals surface area contributed by atoms with Crippen molar-refractivity contribution in [3.63, 3.8) is 0 Å². The lowest BCUT2D eigenvalue weighted by Gasteiger charge is -2.10. The number of hydrogen-bond acceptors (Lipinski definition) is 4. The van der Waals surface area contributed by atoms with E-state index in [9.17, 15) is 13.2 Å². The highest BCUT2D eigenvalue weighted by molar-refractivity contribution is 7.91. The van der Waals surface area contributed by atoms with E-state index in [4.69, 9.17) is 5.14 Å². The topological polar surface area (TPSA) is 89.3 Å². The average Bonchev–Trinajstić information content (AvgIpc) is 3.10. The molecule has 0 spiro atoms. The molecule has 3 rings (SSSR count). The predicted octanol–water partition coefficient (Wildman–Crippen LogP) is 2.92. The fourth-order valence-corrected chi connectivity index (χ4v) is 4.30. The Bertz CT molecular complexity index is 1010. The number of benzene rings is 2. The van der Waals surface area contributed by atoms with Gasteiger partial charge in [-0.3, -0.25) is 4.79 Å². The van der Waals surface area contributed by atoms with E-state index in [1.54, 1.807) is 12.1 Å². The number of nitrogens with two attached hydrogens (primary N) is 1. The molecular weight excluding hydrogens is 368 g/mol. The van der Waals surface area contributed by atoms with E-state index in [-0.39, 0.29) is 16.7 Å². The summed E-state index contributed by atoms with van der Waals surface area (Å²) in [4.78, 5) is 13.3. The van der Waals surface area contributed by atoms with E-state index < -0.39 is 10.0 Å². The van der Waals surface area contributed by atoms with Crippen LogP contribution in [-0.2, 0) is 23.0 Å². The molecule has 0 aliphatic rings. The zero-order valence-corrected chi connectivity index (χ0v) is 15.5. The molecule has 0 fully saturated rings. The molecule has 3 N–H and O–H groups in total. The van der Waals surface area contributed by atoms with Crippen LogP contribution in [0.1, 0.15) is 26.4 Å². The maximum Gasteiger partial charge on any atom is 0.251 e. The van der Waals surface area contributed by atoms with Crippen molar-refractivity contribution in [2.24, 2.45) is 5.14 Å². The largest absolute Gasteiger partial charge is 0.347 e. The van der Waals surface area contributed by atoms with Crippen molar-refractivity contribution in [1.82, 2.24) is 5.32 Å². The Morgan fingerprint density at radius 3 is 2.35 bits per heavy atom. The van der Waals surface area contributed by atoms with E-state index in [2.05, 4.69) is 5.32 Å². The highest BCUT2D eigenvalue weighted by atomic mass is 32.2. The van der Waals surface area contributed by atoms with E-state index in [0.29, 0.717) is 12.0 Å². The van der Waals surface area contributed by atoms with Crippen LogP contribution in [0.3, 0.4) is 0 Å².